The van der Waals surface area contributed by atoms with Gasteiger partial charge < -0.3 is 10.6 Å². The van der Waals surface area contributed by atoms with Crippen LogP contribution in [0.1, 0.15) is 29.0 Å². The molecule has 0 unspecified atom stereocenters. The summed E-state index contributed by atoms with van der Waals surface area (Å²) in [5, 5.41) is 0. The summed E-state index contributed by atoms with van der Waals surface area (Å²) < 4.78 is 0. The van der Waals surface area contributed by atoms with E-state index in [1.165, 1.54) is 11.1 Å². The van der Waals surface area contributed by atoms with E-state index in [2.05, 4.69) is 77.0 Å². The molecule has 1 saturated heterocycles. The second-order valence-corrected chi connectivity index (χ2v) is 9.79. The number of carbonyl (C=O) groups is 1. The summed E-state index contributed by atoms with van der Waals surface area (Å²) in [4.78, 5) is 18.7. The van der Waals surface area contributed by atoms with Crippen LogP contribution in [0, 0.1) is 6.92 Å². The second-order valence-electron chi connectivity index (χ2n) is 9.79. The van der Waals surface area contributed by atoms with Crippen LogP contribution in [0.2, 0.25) is 0 Å². The van der Waals surface area contributed by atoms with Gasteiger partial charge in [-0.2, -0.15) is 0 Å². The number of hydrogen-bond donors (Lipinski definition) is 1. The number of benzene rings is 3. The Morgan fingerprint density at radius 3 is 1.92 bits per heavy atom. The minimum atomic E-state index is -0.448. The van der Waals surface area contributed by atoms with E-state index >= 15 is 0 Å². The zero-order chi connectivity index (χ0) is 25.3. The van der Waals surface area contributed by atoms with E-state index in [1.807, 2.05) is 31.2 Å². The van der Waals surface area contributed by atoms with Crippen molar-refractivity contribution in [3.63, 3.8) is 0 Å². The molecule has 1 aliphatic heterocycles. The Morgan fingerprint density at radius 2 is 1.39 bits per heavy atom. The molecule has 0 aliphatic carbocycles. The number of rotatable bonds is 10. The third kappa shape index (κ3) is 7.06. The number of anilines is 1. The molecule has 2 amide bonds. The number of piperazine rings is 1. The number of primary amides is 1. The van der Waals surface area contributed by atoms with Crippen molar-refractivity contribution >= 4 is 11.7 Å². The molecule has 0 atom stereocenters. The predicted octanol–water partition coefficient (Wildman–Crippen LogP) is 5.28. The predicted molar refractivity (Wildman–Crippen MR) is 149 cm³/mol. The van der Waals surface area contributed by atoms with Crippen molar-refractivity contribution in [1.29, 1.82) is 0 Å². The Hall–Kier alpha value is -3.41. The van der Waals surface area contributed by atoms with Crippen molar-refractivity contribution in [2.75, 3.05) is 50.7 Å². The molecular formula is C31H38N4O. The van der Waals surface area contributed by atoms with Gasteiger partial charge in [0.05, 0.1) is 0 Å². The lowest BCUT2D eigenvalue weighted by Gasteiger charge is -2.36. The van der Waals surface area contributed by atoms with E-state index < -0.39 is 6.03 Å². The zero-order valence-electron chi connectivity index (χ0n) is 21.4. The van der Waals surface area contributed by atoms with Gasteiger partial charge in [-0.15, -0.1) is 0 Å². The summed E-state index contributed by atoms with van der Waals surface area (Å²) in [6, 6.07) is 29.1. The van der Waals surface area contributed by atoms with Crippen molar-refractivity contribution < 1.29 is 4.79 Å². The molecule has 0 aromatic heterocycles. The maximum atomic E-state index is 12.1. The number of aryl methyl sites for hydroxylation is 1. The first-order chi connectivity index (χ1) is 17.5. The van der Waals surface area contributed by atoms with Gasteiger partial charge in [0.1, 0.15) is 0 Å². The Bertz CT molecular complexity index is 1070. The van der Waals surface area contributed by atoms with E-state index in [4.69, 9.17) is 5.73 Å². The molecule has 0 radical (unpaired) electrons. The van der Waals surface area contributed by atoms with Gasteiger partial charge in [-0.25, -0.2) is 4.79 Å². The molecule has 1 heterocycles. The van der Waals surface area contributed by atoms with Crippen LogP contribution in [0.15, 0.2) is 97.1 Å². The summed E-state index contributed by atoms with van der Waals surface area (Å²) in [6.07, 6.45) is 1.10. The van der Waals surface area contributed by atoms with Crippen molar-refractivity contribution in [3.8, 4) is 0 Å². The van der Waals surface area contributed by atoms with Gasteiger partial charge in [0.25, 0.3) is 0 Å². The zero-order valence-corrected chi connectivity index (χ0v) is 21.4. The second kappa shape index (κ2) is 12.5. The van der Waals surface area contributed by atoms with Crippen molar-refractivity contribution in [2.24, 2.45) is 5.73 Å². The number of hydrogen-bond acceptors (Lipinski definition) is 3. The Kier molecular flexibility index (Phi) is 8.93. The summed E-state index contributed by atoms with van der Waals surface area (Å²) in [5.41, 5.74) is 11.4. The fourth-order valence-corrected chi connectivity index (χ4v) is 4.99. The molecular weight excluding hydrogens is 444 g/mol. The third-order valence-electron chi connectivity index (χ3n) is 7.04. The van der Waals surface area contributed by atoms with Crippen molar-refractivity contribution in [2.45, 2.75) is 19.3 Å². The van der Waals surface area contributed by atoms with Crippen LogP contribution in [0.3, 0.4) is 0 Å². The fraction of sp³-hybridized carbons (Fsp3) is 0.323. The molecule has 2 N–H and O–H groups in total. The Labute approximate surface area is 215 Å². The molecule has 5 nitrogen and oxygen atoms in total. The highest BCUT2D eigenvalue weighted by molar-refractivity contribution is 5.91. The van der Waals surface area contributed by atoms with Crippen LogP contribution in [-0.4, -0.2) is 61.6 Å². The summed E-state index contributed by atoms with van der Waals surface area (Å²) >= 11 is 0. The van der Waals surface area contributed by atoms with E-state index in [-0.39, 0.29) is 0 Å². The maximum absolute atomic E-state index is 12.1. The number of urea groups is 1. The molecule has 5 heteroatoms. The third-order valence-corrected chi connectivity index (χ3v) is 7.04. The summed E-state index contributed by atoms with van der Waals surface area (Å²) in [7, 11) is 0. The van der Waals surface area contributed by atoms with Gasteiger partial charge >= 0.3 is 6.03 Å². The SMILES string of the molecule is C=C(CN1CCN(CCC(c2ccccc2)c2ccccc2)CC1)CN(C(N)=O)c1ccc(C)cc1. The van der Waals surface area contributed by atoms with Gasteiger partial charge in [-0.05, 0) is 48.7 Å². The summed E-state index contributed by atoms with van der Waals surface area (Å²) in [6.45, 7) is 12.7. The molecule has 3 aromatic carbocycles. The topological polar surface area (TPSA) is 52.8 Å². The number of amides is 2. The average Bonchev–Trinajstić information content (AvgIpc) is 2.90. The van der Waals surface area contributed by atoms with Gasteiger partial charge in [0.2, 0.25) is 0 Å². The normalized spacial score (nSPS) is 14.6. The minimum absolute atomic E-state index is 0.409. The van der Waals surface area contributed by atoms with Gasteiger partial charge in [0.15, 0.2) is 0 Å². The van der Waals surface area contributed by atoms with Crippen LogP contribution < -0.4 is 10.6 Å². The lowest BCUT2D eigenvalue weighted by Crippen LogP contribution is -2.48. The van der Waals surface area contributed by atoms with E-state index in [1.54, 1.807) is 4.90 Å². The molecule has 0 bridgehead atoms. The van der Waals surface area contributed by atoms with Crippen LogP contribution >= 0.6 is 0 Å². The molecule has 1 aliphatic rings. The smallest absolute Gasteiger partial charge is 0.319 e. The van der Waals surface area contributed by atoms with Crippen LogP contribution in [0.5, 0.6) is 0 Å². The quantitative estimate of drug-likeness (QED) is 0.400. The molecule has 0 spiro atoms. The standard InChI is InChI=1S/C31H38N4O/c1-25-13-15-29(16-14-25)35(31(32)36)24-26(2)23-34-21-19-33(20-22-34)18-17-30(27-9-5-3-6-10-27)28-11-7-4-8-12-28/h3-16,30H,2,17-24H2,1H3,(H2,32,36). The minimum Gasteiger partial charge on any atom is -0.351 e. The lowest BCUT2D eigenvalue weighted by atomic mass is 9.88. The van der Waals surface area contributed by atoms with Gasteiger partial charge in [-0.3, -0.25) is 9.80 Å². The van der Waals surface area contributed by atoms with Crippen molar-refractivity contribution in [1.82, 2.24) is 9.80 Å². The van der Waals surface area contributed by atoms with E-state index in [9.17, 15) is 4.79 Å². The van der Waals surface area contributed by atoms with Crippen LogP contribution in [0.25, 0.3) is 0 Å². The molecule has 36 heavy (non-hydrogen) atoms. The highest BCUT2D eigenvalue weighted by Crippen LogP contribution is 2.28. The highest BCUT2D eigenvalue weighted by atomic mass is 16.2. The first-order valence-electron chi connectivity index (χ1n) is 12.8. The molecule has 4 rings (SSSR count). The number of carbonyl (C=O) groups excluding carboxylic acids is 1. The molecule has 1 fully saturated rings. The monoisotopic (exact) mass is 482 g/mol. The average molecular weight is 483 g/mol. The van der Waals surface area contributed by atoms with Crippen LogP contribution in [-0.2, 0) is 0 Å². The number of nitrogens with two attached hydrogens (primary N) is 1. The molecule has 0 saturated carbocycles. The first-order valence-corrected chi connectivity index (χ1v) is 12.8. The highest BCUT2D eigenvalue weighted by Gasteiger charge is 2.21. The maximum Gasteiger partial charge on any atom is 0.319 e. The van der Waals surface area contributed by atoms with Gasteiger partial charge in [0, 0.05) is 50.9 Å². The largest absolute Gasteiger partial charge is 0.351 e. The Morgan fingerprint density at radius 1 is 0.861 bits per heavy atom. The molecule has 188 valence electrons. The Balaban J connectivity index is 1.27. The van der Waals surface area contributed by atoms with E-state index in [0.717, 1.165) is 62.5 Å². The van der Waals surface area contributed by atoms with Gasteiger partial charge in [-0.1, -0.05) is 84.9 Å². The summed E-state index contributed by atoms with van der Waals surface area (Å²) in [5.74, 6) is 0.409. The van der Waals surface area contributed by atoms with Crippen LogP contribution in [0.4, 0.5) is 10.5 Å². The lowest BCUT2D eigenvalue weighted by molar-refractivity contribution is 0.138. The number of nitrogens with zero attached hydrogens (tertiary/aromatic N) is 3. The van der Waals surface area contributed by atoms with Crippen molar-refractivity contribution in [3.05, 3.63) is 114 Å². The fourth-order valence-electron chi connectivity index (χ4n) is 4.99. The first kappa shape index (κ1) is 25.7. The molecule has 3 aromatic rings. The van der Waals surface area contributed by atoms with E-state index in [0.29, 0.717) is 12.5 Å².